The quantitative estimate of drug-likeness (QED) is 0.193. The van der Waals surface area contributed by atoms with E-state index < -0.39 is 0 Å². The lowest BCUT2D eigenvalue weighted by molar-refractivity contribution is 0.668. The zero-order valence-corrected chi connectivity index (χ0v) is 26.3. The Labute approximate surface area is 278 Å². The molecule has 0 N–H and O–H groups in total. The number of furan rings is 1. The highest BCUT2D eigenvalue weighted by Gasteiger charge is 2.21. The average molecular weight is 633 g/mol. The van der Waals surface area contributed by atoms with Crippen molar-refractivity contribution < 1.29 is 4.42 Å². The fourth-order valence-corrected chi connectivity index (χ4v) is 7.87. The lowest BCUT2D eigenvalue weighted by Gasteiger charge is -2.12. The minimum atomic E-state index is 0.564. The van der Waals surface area contributed by atoms with Crippen molar-refractivity contribution in [2.45, 2.75) is 0 Å². The summed E-state index contributed by atoms with van der Waals surface area (Å²) in [6, 6.07) is 48.1. The van der Waals surface area contributed by atoms with E-state index in [0.717, 1.165) is 55.3 Å². The summed E-state index contributed by atoms with van der Waals surface area (Å²) < 4.78 is 9.01. The van der Waals surface area contributed by atoms with Gasteiger partial charge in [0.1, 0.15) is 11.1 Å². The van der Waals surface area contributed by atoms with Gasteiger partial charge in [-0.25, -0.2) is 15.0 Å². The Kier molecular flexibility index (Phi) is 5.98. The minimum Gasteiger partial charge on any atom is -0.454 e. The highest BCUT2D eigenvalue weighted by Crippen LogP contribution is 2.44. The average Bonchev–Trinajstić information content (AvgIpc) is 3.73. The second-order valence-corrected chi connectivity index (χ2v) is 12.9. The number of benzene rings is 6. The van der Waals surface area contributed by atoms with Crippen LogP contribution in [0.2, 0.25) is 0 Å². The summed E-state index contributed by atoms with van der Waals surface area (Å²) in [6.07, 6.45) is 1.80. The number of aromatic nitrogens is 4. The molecular weight excluding hydrogens is 609 g/mol. The lowest BCUT2D eigenvalue weighted by atomic mass is 9.96. The highest BCUT2D eigenvalue weighted by molar-refractivity contribution is 7.25. The van der Waals surface area contributed by atoms with Crippen molar-refractivity contribution >= 4 is 64.4 Å². The number of pyridine rings is 1. The first kappa shape index (κ1) is 26.9. The Bertz CT molecular complexity index is 2860. The molecule has 0 fully saturated rings. The van der Waals surface area contributed by atoms with Crippen LogP contribution in [0.25, 0.3) is 98.3 Å². The first-order valence-electron chi connectivity index (χ1n) is 15.8. The monoisotopic (exact) mass is 632 g/mol. The molecule has 0 unspecified atom stereocenters. The molecule has 224 valence electrons. The van der Waals surface area contributed by atoms with Gasteiger partial charge in [0.15, 0.2) is 23.1 Å². The van der Waals surface area contributed by atoms with E-state index in [2.05, 4.69) is 97.1 Å². The maximum atomic E-state index is 6.50. The van der Waals surface area contributed by atoms with Gasteiger partial charge in [-0.1, -0.05) is 97.1 Å². The van der Waals surface area contributed by atoms with Crippen molar-refractivity contribution in [3.63, 3.8) is 0 Å². The van der Waals surface area contributed by atoms with Crippen LogP contribution in [-0.4, -0.2) is 19.9 Å². The van der Waals surface area contributed by atoms with Gasteiger partial charge in [0.25, 0.3) is 0 Å². The summed E-state index contributed by atoms with van der Waals surface area (Å²) in [6.45, 7) is 0. The van der Waals surface area contributed by atoms with E-state index in [-0.39, 0.29) is 0 Å². The summed E-state index contributed by atoms with van der Waals surface area (Å²) in [5.74, 6) is 1.78. The molecule has 0 aliphatic rings. The summed E-state index contributed by atoms with van der Waals surface area (Å²) in [7, 11) is 0. The standard InChI is InChI=1S/C42H24N4OS/c1-2-11-26(12-3-1)40-44-41(28-20-19-25-10-4-5-13-27(25)22-28)46-42(45-40)32-23-29(24-34-38(32)39-33(47-34)16-9-21-43-39)30-15-8-18-36-37(30)31-14-6-7-17-35(31)48-36/h1-24H. The Balaban J connectivity index is 1.28. The normalized spacial score (nSPS) is 11.8. The van der Waals surface area contributed by atoms with Gasteiger partial charge in [0.05, 0.1) is 5.39 Å². The number of rotatable bonds is 4. The molecule has 0 amide bonds. The van der Waals surface area contributed by atoms with Gasteiger partial charge in [-0.2, -0.15) is 0 Å². The predicted molar refractivity (Wildman–Crippen MR) is 197 cm³/mol. The van der Waals surface area contributed by atoms with Crippen LogP contribution in [0, 0.1) is 0 Å². The highest BCUT2D eigenvalue weighted by atomic mass is 32.1. The molecule has 0 aliphatic heterocycles. The first-order valence-corrected chi connectivity index (χ1v) is 16.6. The van der Waals surface area contributed by atoms with Crippen LogP contribution in [0.15, 0.2) is 150 Å². The third kappa shape index (κ3) is 4.31. The molecule has 0 bridgehead atoms. The zero-order chi connectivity index (χ0) is 31.6. The Morgan fingerprint density at radius 2 is 1.23 bits per heavy atom. The molecule has 0 saturated carbocycles. The third-order valence-corrected chi connectivity index (χ3v) is 10.1. The van der Waals surface area contributed by atoms with Crippen LogP contribution >= 0.6 is 11.3 Å². The van der Waals surface area contributed by atoms with Crippen molar-refractivity contribution in [3.05, 3.63) is 146 Å². The molecule has 6 heteroatoms. The molecule has 10 rings (SSSR count). The molecule has 0 aliphatic carbocycles. The Morgan fingerprint density at radius 1 is 0.458 bits per heavy atom. The predicted octanol–water partition coefficient (Wildman–Crippen LogP) is 11.4. The van der Waals surface area contributed by atoms with Crippen molar-refractivity contribution in [1.29, 1.82) is 0 Å². The molecule has 0 radical (unpaired) electrons. The minimum absolute atomic E-state index is 0.564. The van der Waals surface area contributed by atoms with E-state index in [1.807, 2.05) is 53.8 Å². The number of hydrogen-bond donors (Lipinski definition) is 0. The molecule has 0 atom stereocenters. The SMILES string of the molecule is c1ccc(-c2nc(-c3ccc4ccccc4c3)nc(-c3cc(-c4cccc5sc6ccccc6c45)cc4oc5cccnc5c34)n2)cc1. The summed E-state index contributed by atoms with van der Waals surface area (Å²) >= 11 is 1.81. The molecule has 4 heterocycles. The fourth-order valence-electron chi connectivity index (χ4n) is 6.74. The van der Waals surface area contributed by atoms with Crippen molar-refractivity contribution in [1.82, 2.24) is 19.9 Å². The zero-order valence-electron chi connectivity index (χ0n) is 25.5. The van der Waals surface area contributed by atoms with Gasteiger partial charge >= 0.3 is 0 Å². The molecule has 4 aromatic heterocycles. The van der Waals surface area contributed by atoms with Crippen LogP contribution in [-0.2, 0) is 0 Å². The second-order valence-electron chi connectivity index (χ2n) is 11.9. The molecular formula is C42H24N4OS. The summed E-state index contributed by atoms with van der Waals surface area (Å²) in [4.78, 5) is 20.1. The van der Waals surface area contributed by atoms with Gasteiger partial charge in [-0.05, 0) is 64.4 Å². The van der Waals surface area contributed by atoms with E-state index in [9.17, 15) is 0 Å². The summed E-state index contributed by atoms with van der Waals surface area (Å²) in [5, 5.41) is 5.65. The molecule has 48 heavy (non-hydrogen) atoms. The van der Waals surface area contributed by atoms with Crippen LogP contribution in [0.5, 0.6) is 0 Å². The second kappa shape index (κ2) is 10.7. The topological polar surface area (TPSA) is 64.7 Å². The van der Waals surface area contributed by atoms with Gasteiger partial charge in [-0.3, -0.25) is 4.98 Å². The molecule has 0 saturated heterocycles. The Morgan fingerprint density at radius 3 is 2.15 bits per heavy atom. The number of thiophene rings is 1. The molecule has 10 aromatic rings. The van der Waals surface area contributed by atoms with E-state index in [1.54, 1.807) is 6.20 Å². The molecule has 5 nitrogen and oxygen atoms in total. The van der Waals surface area contributed by atoms with Crippen molar-refractivity contribution in [3.8, 4) is 45.3 Å². The van der Waals surface area contributed by atoms with Crippen molar-refractivity contribution in [2.75, 3.05) is 0 Å². The fraction of sp³-hybridized carbons (Fsp3) is 0. The smallest absolute Gasteiger partial charge is 0.164 e. The Hall–Kier alpha value is -6.24. The third-order valence-electron chi connectivity index (χ3n) is 8.96. The van der Waals surface area contributed by atoms with Crippen LogP contribution < -0.4 is 0 Å². The maximum absolute atomic E-state index is 6.50. The van der Waals surface area contributed by atoms with E-state index in [4.69, 9.17) is 24.4 Å². The van der Waals surface area contributed by atoms with Gasteiger partial charge in [0.2, 0.25) is 0 Å². The van der Waals surface area contributed by atoms with Crippen molar-refractivity contribution in [2.24, 2.45) is 0 Å². The van der Waals surface area contributed by atoms with Gasteiger partial charge in [-0.15, -0.1) is 11.3 Å². The number of hydrogen-bond acceptors (Lipinski definition) is 6. The van der Waals surface area contributed by atoms with Gasteiger partial charge < -0.3 is 4.42 Å². The largest absolute Gasteiger partial charge is 0.454 e. The number of fused-ring (bicyclic) bond motifs is 7. The van der Waals surface area contributed by atoms with E-state index >= 15 is 0 Å². The maximum Gasteiger partial charge on any atom is 0.164 e. The number of nitrogens with zero attached hydrogens (tertiary/aromatic N) is 4. The molecule has 6 aromatic carbocycles. The van der Waals surface area contributed by atoms with Crippen LogP contribution in [0.1, 0.15) is 0 Å². The lowest BCUT2D eigenvalue weighted by Crippen LogP contribution is -2.01. The molecule has 0 spiro atoms. The summed E-state index contributed by atoms with van der Waals surface area (Å²) in [5.41, 5.74) is 7.08. The van der Waals surface area contributed by atoms with Gasteiger partial charge in [0, 0.05) is 43.1 Å². The van der Waals surface area contributed by atoms with E-state index in [1.165, 1.54) is 25.6 Å². The first-order chi connectivity index (χ1) is 23.8. The van der Waals surface area contributed by atoms with Crippen LogP contribution in [0.3, 0.4) is 0 Å². The van der Waals surface area contributed by atoms with Crippen LogP contribution in [0.4, 0.5) is 0 Å². The van der Waals surface area contributed by atoms with E-state index in [0.29, 0.717) is 17.5 Å².